The zero-order chi connectivity index (χ0) is 20.9. The van der Waals surface area contributed by atoms with Crippen LogP contribution in [0, 0.1) is 6.92 Å². The number of benzene rings is 2. The second kappa shape index (κ2) is 8.22. The first kappa shape index (κ1) is 21.1. The largest absolute Gasteiger partial charge is 0.444 e. The van der Waals surface area contributed by atoms with E-state index < -0.39 is 17.4 Å². The number of nitrogens with one attached hydrogen (secondary N) is 2. The van der Waals surface area contributed by atoms with E-state index in [1.165, 1.54) is 30.3 Å². The van der Waals surface area contributed by atoms with Gasteiger partial charge in [0.1, 0.15) is 11.9 Å². The monoisotopic (exact) mass is 383 g/mol. The number of carbonyl (C=O) groups is 3. The number of hydrogen-bond acceptors (Lipinski definition) is 5. The van der Waals surface area contributed by atoms with Crippen LogP contribution in [0.2, 0.25) is 0 Å². The van der Waals surface area contributed by atoms with Crippen molar-refractivity contribution in [1.29, 1.82) is 0 Å². The molecule has 0 aliphatic carbocycles. The van der Waals surface area contributed by atoms with Crippen molar-refractivity contribution in [3.8, 4) is 0 Å². The Hall–Kier alpha value is -3.19. The van der Waals surface area contributed by atoms with Gasteiger partial charge in [0.25, 0.3) is 5.91 Å². The molecule has 1 atom stereocenters. The van der Waals surface area contributed by atoms with Crippen LogP contribution in [0.4, 0.5) is 10.5 Å². The molecule has 3 N–H and O–H groups in total. The van der Waals surface area contributed by atoms with E-state index in [2.05, 4.69) is 17.6 Å². The standard InChI is InChI=1S/C21H23N2O5/c1-20(2,3)28-19(26)23-21(4,27)16-6-5-7-17(12-16)22-18(25)15-10-8-14(13-24)9-11-15/h5-13,27H,4H2,1-3H3,(H,22,25)(H,23,26). The van der Waals surface area contributed by atoms with E-state index in [4.69, 9.17) is 4.74 Å². The Morgan fingerprint density at radius 1 is 1.11 bits per heavy atom. The predicted octanol–water partition coefficient (Wildman–Crippen LogP) is 3.26. The van der Waals surface area contributed by atoms with Crippen LogP contribution in [0.15, 0.2) is 48.5 Å². The molecule has 0 saturated carbocycles. The molecule has 0 fully saturated rings. The van der Waals surface area contributed by atoms with Crippen molar-refractivity contribution in [3.63, 3.8) is 0 Å². The minimum atomic E-state index is -1.95. The molecule has 2 aromatic carbocycles. The van der Waals surface area contributed by atoms with Crippen molar-refractivity contribution in [2.45, 2.75) is 32.1 Å². The van der Waals surface area contributed by atoms with Crippen LogP contribution >= 0.6 is 0 Å². The van der Waals surface area contributed by atoms with Crippen LogP contribution < -0.4 is 10.6 Å². The van der Waals surface area contributed by atoms with Crippen molar-refractivity contribution >= 4 is 24.0 Å². The summed E-state index contributed by atoms with van der Waals surface area (Å²) >= 11 is 0. The highest BCUT2D eigenvalue weighted by Gasteiger charge is 2.28. The number of rotatable bonds is 5. The Morgan fingerprint density at radius 2 is 1.75 bits per heavy atom. The van der Waals surface area contributed by atoms with Gasteiger partial charge in [-0.25, -0.2) is 4.79 Å². The van der Waals surface area contributed by atoms with Gasteiger partial charge >= 0.3 is 6.09 Å². The first-order valence-electron chi connectivity index (χ1n) is 8.56. The Labute approximate surface area is 163 Å². The number of anilines is 1. The molecule has 2 rings (SSSR count). The fourth-order valence-corrected chi connectivity index (χ4v) is 2.32. The third-order valence-electron chi connectivity index (χ3n) is 3.61. The summed E-state index contributed by atoms with van der Waals surface area (Å²) in [6, 6.07) is 12.4. The Bertz CT molecular complexity index is 867. The van der Waals surface area contributed by atoms with E-state index in [0.29, 0.717) is 23.1 Å². The van der Waals surface area contributed by atoms with Crippen molar-refractivity contribution < 1.29 is 24.2 Å². The molecular formula is C21H23N2O5. The molecule has 1 radical (unpaired) electrons. The summed E-state index contributed by atoms with van der Waals surface area (Å²) in [7, 11) is 0. The first-order chi connectivity index (χ1) is 13.0. The van der Waals surface area contributed by atoms with Crippen molar-refractivity contribution in [2.75, 3.05) is 5.32 Å². The van der Waals surface area contributed by atoms with Gasteiger partial charge in [-0.05, 0) is 45.0 Å². The van der Waals surface area contributed by atoms with E-state index in [9.17, 15) is 19.5 Å². The topological polar surface area (TPSA) is 105 Å². The average Bonchev–Trinajstić information content (AvgIpc) is 2.60. The molecule has 0 bridgehead atoms. The summed E-state index contributed by atoms with van der Waals surface area (Å²) in [5.41, 5.74) is -1.19. The predicted molar refractivity (Wildman–Crippen MR) is 105 cm³/mol. The van der Waals surface area contributed by atoms with Crippen LogP contribution in [0.25, 0.3) is 0 Å². The molecule has 0 saturated heterocycles. The molecule has 7 heteroatoms. The summed E-state index contributed by atoms with van der Waals surface area (Å²) in [6.07, 6.45) is -0.132. The maximum atomic E-state index is 12.3. The summed E-state index contributed by atoms with van der Waals surface area (Å²) in [5.74, 6) is -0.387. The molecule has 7 nitrogen and oxygen atoms in total. The summed E-state index contributed by atoms with van der Waals surface area (Å²) in [4.78, 5) is 35.0. The van der Waals surface area contributed by atoms with E-state index in [-0.39, 0.29) is 11.5 Å². The molecule has 2 amide bonds. The lowest BCUT2D eigenvalue weighted by Crippen LogP contribution is -2.45. The van der Waals surface area contributed by atoms with Crippen LogP contribution in [-0.2, 0) is 10.5 Å². The summed E-state index contributed by atoms with van der Waals surface area (Å²) in [6.45, 7) is 8.71. The lowest BCUT2D eigenvalue weighted by molar-refractivity contribution is 0.00913. The van der Waals surface area contributed by atoms with Crippen LogP contribution in [0.3, 0.4) is 0 Å². The number of amides is 2. The van der Waals surface area contributed by atoms with Gasteiger partial charge in [-0.1, -0.05) is 24.3 Å². The molecule has 0 aliphatic rings. The highest BCUT2D eigenvalue weighted by atomic mass is 16.6. The van der Waals surface area contributed by atoms with E-state index in [0.717, 1.165) is 0 Å². The van der Waals surface area contributed by atoms with Gasteiger partial charge in [-0.2, -0.15) is 0 Å². The fourth-order valence-electron chi connectivity index (χ4n) is 2.32. The van der Waals surface area contributed by atoms with Gasteiger partial charge in [0, 0.05) is 29.3 Å². The summed E-state index contributed by atoms with van der Waals surface area (Å²) < 4.78 is 5.12. The highest BCUT2D eigenvalue weighted by Crippen LogP contribution is 2.22. The first-order valence-corrected chi connectivity index (χ1v) is 8.56. The normalized spacial score (nSPS) is 13.2. The molecule has 0 heterocycles. The number of ether oxygens (including phenoxy) is 1. The molecule has 0 spiro atoms. The van der Waals surface area contributed by atoms with Crippen molar-refractivity contribution in [1.82, 2.24) is 5.32 Å². The minimum Gasteiger partial charge on any atom is -0.444 e. The highest BCUT2D eigenvalue weighted by molar-refractivity contribution is 6.04. The van der Waals surface area contributed by atoms with E-state index in [1.807, 2.05) is 0 Å². The van der Waals surface area contributed by atoms with Gasteiger partial charge in [0.2, 0.25) is 0 Å². The van der Waals surface area contributed by atoms with Gasteiger partial charge < -0.3 is 15.2 Å². The van der Waals surface area contributed by atoms with E-state index >= 15 is 0 Å². The van der Waals surface area contributed by atoms with Gasteiger partial charge in [-0.3, -0.25) is 14.9 Å². The molecule has 147 valence electrons. The quantitative estimate of drug-likeness (QED) is 0.543. The Balaban J connectivity index is 2.12. The Kier molecular flexibility index (Phi) is 6.20. The number of hydrogen-bond donors (Lipinski definition) is 3. The van der Waals surface area contributed by atoms with Crippen LogP contribution in [0.5, 0.6) is 0 Å². The number of aliphatic hydroxyl groups is 1. The molecule has 0 aromatic heterocycles. The third kappa shape index (κ3) is 5.92. The number of alkyl carbamates (subject to hydrolysis) is 1. The maximum absolute atomic E-state index is 12.3. The van der Waals surface area contributed by atoms with Crippen molar-refractivity contribution in [2.24, 2.45) is 0 Å². The molecule has 0 aliphatic heterocycles. The van der Waals surface area contributed by atoms with Gasteiger partial charge in [0.15, 0.2) is 5.72 Å². The molecular weight excluding hydrogens is 360 g/mol. The summed E-state index contributed by atoms with van der Waals surface area (Å²) in [5, 5.41) is 15.5. The Morgan fingerprint density at radius 3 is 2.32 bits per heavy atom. The van der Waals surface area contributed by atoms with Crippen LogP contribution in [-0.4, -0.2) is 29.0 Å². The molecule has 1 unspecified atom stereocenters. The number of carbonyl (C=O) groups excluding carboxylic acids is 3. The van der Waals surface area contributed by atoms with Crippen molar-refractivity contribution in [3.05, 3.63) is 72.1 Å². The maximum Gasteiger partial charge on any atom is 0.410 e. The lowest BCUT2D eigenvalue weighted by Gasteiger charge is -2.28. The number of aldehydes is 1. The minimum absolute atomic E-state index is 0.257. The molecule has 28 heavy (non-hydrogen) atoms. The van der Waals surface area contributed by atoms with Gasteiger partial charge in [-0.15, -0.1) is 0 Å². The van der Waals surface area contributed by atoms with E-state index in [1.54, 1.807) is 39.0 Å². The SMILES string of the molecule is [CH2]C(O)(NC(=O)OC(C)(C)C)c1cccc(NC(=O)c2ccc(C=O)cc2)c1. The zero-order valence-electron chi connectivity index (χ0n) is 16.0. The average molecular weight is 383 g/mol. The second-order valence-corrected chi connectivity index (χ2v) is 7.26. The zero-order valence-corrected chi connectivity index (χ0v) is 16.0. The lowest BCUT2D eigenvalue weighted by atomic mass is 10.0. The van der Waals surface area contributed by atoms with Gasteiger partial charge in [0.05, 0.1) is 0 Å². The smallest absolute Gasteiger partial charge is 0.410 e. The van der Waals surface area contributed by atoms with Crippen LogP contribution in [0.1, 0.15) is 47.1 Å². The molecule has 2 aromatic rings. The second-order valence-electron chi connectivity index (χ2n) is 7.26. The fraction of sp³-hybridized carbons (Fsp3) is 0.238. The third-order valence-corrected chi connectivity index (χ3v) is 3.61.